The normalized spacial score (nSPS) is 10.2. The van der Waals surface area contributed by atoms with Crippen molar-refractivity contribution in [1.29, 1.82) is 0 Å². The minimum absolute atomic E-state index is 0.215. The summed E-state index contributed by atoms with van der Waals surface area (Å²) in [6.07, 6.45) is 3.39. The van der Waals surface area contributed by atoms with Crippen molar-refractivity contribution in [2.24, 2.45) is 0 Å². The molecule has 0 unspecified atom stereocenters. The predicted octanol–water partition coefficient (Wildman–Crippen LogP) is 3.38. The highest BCUT2D eigenvalue weighted by molar-refractivity contribution is 5.78. The molecule has 0 atom stereocenters. The molecule has 0 bridgehead atoms. The van der Waals surface area contributed by atoms with Gasteiger partial charge in [0.25, 0.3) is 0 Å². The number of phenolic OH excluding ortho intramolecular Hbond substituents is 1. The molecular formula is C16H16O2. The van der Waals surface area contributed by atoms with Crippen molar-refractivity contribution in [2.75, 3.05) is 0 Å². The quantitative estimate of drug-likeness (QED) is 0.813. The summed E-state index contributed by atoms with van der Waals surface area (Å²) in [5.41, 5.74) is 2.62. The number of aldehydes is 1. The first kappa shape index (κ1) is 12.4. The lowest BCUT2D eigenvalue weighted by atomic mass is 9.99. The maximum absolute atomic E-state index is 10.9. The van der Waals surface area contributed by atoms with E-state index in [1.165, 1.54) is 5.56 Å². The molecule has 0 amide bonds. The van der Waals surface area contributed by atoms with Gasteiger partial charge >= 0.3 is 0 Å². The Morgan fingerprint density at radius 1 is 0.944 bits per heavy atom. The topological polar surface area (TPSA) is 37.3 Å². The zero-order chi connectivity index (χ0) is 12.8. The van der Waals surface area contributed by atoms with E-state index in [2.05, 4.69) is 12.1 Å². The number of hydrogen-bond acceptors (Lipinski definition) is 2. The summed E-state index contributed by atoms with van der Waals surface area (Å²) in [5, 5.41) is 9.76. The molecule has 92 valence electrons. The Bertz CT molecular complexity index is 518. The van der Waals surface area contributed by atoms with Gasteiger partial charge in [0.05, 0.1) is 0 Å². The Hall–Kier alpha value is -2.09. The minimum Gasteiger partial charge on any atom is -0.508 e. The number of hydrogen-bond donors (Lipinski definition) is 1. The van der Waals surface area contributed by atoms with Gasteiger partial charge in [-0.25, -0.2) is 0 Å². The summed E-state index contributed by atoms with van der Waals surface area (Å²) in [6, 6.07) is 15.3. The molecule has 2 aromatic rings. The molecule has 18 heavy (non-hydrogen) atoms. The average molecular weight is 240 g/mol. The SMILES string of the molecule is O=Cc1cccc(O)c1CCCc1ccccc1. The molecule has 2 rings (SSSR count). The molecule has 2 heteroatoms. The fourth-order valence-corrected chi connectivity index (χ4v) is 2.09. The van der Waals surface area contributed by atoms with Gasteiger partial charge in [0.1, 0.15) is 12.0 Å². The fraction of sp³-hybridized carbons (Fsp3) is 0.188. The van der Waals surface area contributed by atoms with E-state index < -0.39 is 0 Å². The lowest BCUT2D eigenvalue weighted by molar-refractivity contribution is 0.112. The molecule has 0 heterocycles. The van der Waals surface area contributed by atoms with Crippen LogP contribution in [0, 0.1) is 0 Å². The van der Waals surface area contributed by atoms with Gasteiger partial charge < -0.3 is 5.11 Å². The van der Waals surface area contributed by atoms with Gasteiger partial charge in [0.2, 0.25) is 0 Å². The van der Waals surface area contributed by atoms with Crippen LogP contribution in [0.4, 0.5) is 0 Å². The van der Waals surface area contributed by atoms with Crippen LogP contribution in [0.25, 0.3) is 0 Å². The summed E-state index contributed by atoms with van der Waals surface area (Å²) < 4.78 is 0. The van der Waals surface area contributed by atoms with Gasteiger partial charge in [-0.1, -0.05) is 42.5 Å². The van der Waals surface area contributed by atoms with Gasteiger partial charge in [-0.05, 0) is 30.9 Å². The van der Waals surface area contributed by atoms with Gasteiger partial charge in [-0.2, -0.15) is 0 Å². The van der Waals surface area contributed by atoms with E-state index in [4.69, 9.17) is 0 Å². The largest absolute Gasteiger partial charge is 0.508 e. The fourth-order valence-electron chi connectivity index (χ4n) is 2.09. The number of aromatic hydroxyl groups is 1. The Kier molecular flexibility index (Phi) is 4.13. The van der Waals surface area contributed by atoms with Crippen LogP contribution in [0.1, 0.15) is 27.9 Å². The number of carbonyl (C=O) groups is 1. The lowest BCUT2D eigenvalue weighted by Gasteiger charge is -2.07. The number of benzene rings is 2. The van der Waals surface area contributed by atoms with Gasteiger partial charge in [-0.3, -0.25) is 4.79 Å². The molecule has 0 saturated carbocycles. The maximum atomic E-state index is 10.9. The third-order valence-corrected chi connectivity index (χ3v) is 3.05. The number of carbonyl (C=O) groups excluding carboxylic acids is 1. The molecule has 0 aliphatic heterocycles. The van der Waals surface area contributed by atoms with Crippen molar-refractivity contribution in [3.05, 3.63) is 65.2 Å². The summed E-state index contributed by atoms with van der Waals surface area (Å²) in [6.45, 7) is 0. The second-order valence-electron chi connectivity index (χ2n) is 4.30. The maximum Gasteiger partial charge on any atom is 0.150 e. The molecular weight excluding hydrogens is 224 g/mol. The van der Waals surface area contributed by atoms with Gasteiger partial charge in [0.15, 0.2) is 0 Å². The standard InChI is InChI=1S/C16H16O2/c17-12-14-9-5-11-16(18)15(14)10-4-8-13-6-2-1-3-7-13/h1-3,5-7,9,11-12,18H,4,8,10H2. The van der Waals surface area contributed by atoms with Crippen molar-refractivity contribution < 1.29 is 9.90 Å². The van der Waals surface area contributed by atoms with E-state index >= 15 is 0 Å². The Morgan fingerprint density at radius 2 is 1.72 bits per heavy atom. The van der Waals surface area contributed by atoms with Crippen LogP contribution >= 0.6 is 0 Å². The van der Waals surface area contributed by atoms with E-state index in [1.807, 2.05) is 18.2 Å². The van der Waals surface area contributed by atoms with Crippen molar-refractivity contribution >= 4 is 6.29 Å². The Morgan fingerprint density at radius 3 is 2.44 bits per heavy atom. The van der Waals surface area contributed by atoms with Gasteiger partial charge in [-0.15, -0.1) is 0 Å². The monoisotopic (exact) mass is 240 g/mol. The second kappa shape index (κ2) is 6.01. The van der Waals surface area contributed by atoms with Crippen molar-refractivity contribution in [3.63, 3.8) is 0 Å². The highest BCUT2D eigenvalue weighted by Crippen LogP contribution is 2.22. The average Bonchev–Trinajstić information content (AvgIpc) is 2.41. The van der Waals surface area contributed by atoms with Crippen LogP contribution in [-0.4, -0.2) is 11.4 Å². The van der Waals surface area contributed by atoms with E-state index in [9.17, 15) is 9.90 Å². The molecule has 0 spiro atoms. The van der Waals surface area contributed by atoms with Crippen LogP contribution in [0.2, 0.25) is 0 Å². The second-order valence-corrected chi connectivity index (χ2v) is 4.30. The Balaban J connectivity index is 2.00. The van der Waals surface area contributed by atoms with Crippen LogP contribution in [0.3, 0.4) is 0 Å². The molecule has 0 saturated heterocycles. The van der Waals surface area contributed by atoms with E-state index in [0.29, 0.717) is 5.56 Å². The number of phenols is 1. The molecule has 0 aliphatic rings. The number of rotatable bonds is 5. The minimum atomic E-state index is 0.215. The van der Waals surface area contributed by atoms with Crippen LogP contribution < -0.4 is 0 Å². The lowest BCUT2D eigenvalue weighted by Crippen LogP contribution is -1.95. The van der Waals surface area contributed by atoms with E-state index in [1.54, 1.807) is 18.2 Å². The van der Waals surface area contributed by atoms with Crippen molar-refractivity contribution in [2.45, 2.75) is 19.3 Å². The van der Waals surface area contributed by atoms with Crippen LogP contribution in [-0.2, 0) is 12.8 Å². The first-order valence-corrected chi connectivity index (χ1v) is 6.11. The molecule has 2 nitrogen and oxygen atoms in total. The molecule has 0 aromatic heterocycles. The van der Waals surface area contributed by atoms with E-state index in [-0.39, 0.29) is 5.75 Å². The smallest absolute Gasteiger partial charge is 0.150 e. The summed E-state index contributed by atoms with van der Waals surface area (Å²) in [7, 11) is 0. The van der Waals surface area contributed by atoms with E-state index in [0.717, 1.165) is 31.1 Å². The van der Waals surface area contributed by atoms with Gasteiger partial charge in [0, 0.05) is 11.1 Å². The third kappa shape index (κ3) is 2.98. The number of aryl methyl sites for hydroxylation is 1. The molecule has 0 radical (unpaired) electrons. The highest BCUT2D eigenvalue weighted by Gasteiger charge is 2.06. The van der Waals surface area contributed by atoms with Crippen LogP contribution in [0.5, 0.6) is 5.75 Å². The summed E-state index contributed by atoms with van der Waals surface area (Å²) in [4.78, 5) is 10.9. The molecule has 0 fully saturated rings. The third-order valence-electron chi connectivity index (χ3n) is 3.05. The van der Waals surface area contributed by atoms with Crippen LogP contribution in [0.15, 0.2) is 48.5 Å². The molecule has 0 aliphatic carbocycles. The predicted molar refractivity (Wildman–Crippen MR) is 72.0 cm³/mol. The summed E-state index contributed by atoms with van der Waals surface area (Å²) in [5.74, 6) is 0.215. The Labute approximate surface area is 107 Å². The van der Waals surface area contributed by atoms with Crippen molar-refractivity contribution in [3.8, 4) is 5.75 Å². The molecule has 2 aromatic carbocycles. The van der Waals surface area contributed by atoms with Crippen molar-refractivity contribution in [1.82, 2.24) is 0 Å². The zero-order valence-corrected chi connectivity index (χ0v) is 10.2. The first-order chi connectivity index (χ1) is 8.81. The highest BCUT2D eigenvalue weighted by atomic mass is 16.3. The first-order valence-electron chi connectivity index (χ1n) is 6.11. The summed E-state index contributed by atoms with van der Waals surface area (Å²) >= 11 is 0. The molecule has 1 N–H and O–H groups in total. The zero-order valence-electron chi connectivity index (χ0n) is 10.2.